The number of hydrogen-bond acceptors (Lipinski definition) is 0. The second kappa shape index (κ2) is 4.80. The summed E-state index contributed by atoms with van der Waals surface area (Å²) in [5, 5.41) is 10.9. The Hall–Kier alpha value is -3.06. The third kappa shape index (κ3) is 1.84. The maximum atomic E-state index is 2.51. The van der Waals surface area contributed by atoms with Crippen molar-refractivity contribution in [2.24, 2.45) is 0 Å². The molecule has 6 aromatic rings. The number of fused-ring (bicyclic) bond motifs is 4. The Morgan fingerprint density at radius 1 is 0.556 bits per heavy atom. The fourth-order valence-corrected chi connectivity index (χ4v) is 4.99. The summed E-state index contributed by atoms with van der Waals surface area (Å²) in [6, 6.07) is 27.0. The maximum absolute atomic E-state index is 2.51. The third-order valence-corrected chi connectivity index (χ3v) is 5.95. The lowest BCUT2D eigenvalue weighted by Gasteiger charge is -2.24. The fourth-order valence-electron chi connectivity index (χ4n) is 4.99. The molecule has 0 saturated heterocycles. The molecule has 1 heterocycles. The Bertz CT molecular complexity index is 1480. The molecule has 0 bridgehead atoms. The summed E-state index contributed by atoms with van der Waals surface area (Å²) in [7, 11) is 0. The molecule has 1 nitrogen and oxygen atoms in total. The van der Waals surface area contributed by atoms with Gasteiger partial charge in [0.05, 0.1) is 5.52 Å². The molecule has 0 N–H and O–H groups in total. The van der Waals surface area contributed by atoms with E-state index in [9.17, 15) is 0 Å². The van der Waals surface area contributed by atoms with E-state index in [1.807, 2.05) is 0 Å². The second-order valence-electron chi connectivity index (χ2n) is 8.65. The molecule has 5 aromatic carbocycles. The molecule has 0 unspecified atom stereocenters. The van der Waals surface area contributed by atoms with Gasteiger partial charge in [0.15, 0.2) is 0 Å². The van der Waals surface area contributed by atoms with Crippen molar-refractivity contribution in [3.8, 4) is 0 Å². The third-order valence-electron chi connectivity index (χ3n) is 5.95. The second-order valence-corrected chi connectivity index (χ2v) is 8.65. The highest BCUT2D eigenvalue weighted by Crippen LogP contribution is 2.43. The van der Waals surface area contributed by atoms with Gasteiger partial charge in [-0.05, 0) is 65.2 Å². The lowest BCUT2D eigenvalue weighted by Crippen LogP contribution is -2.21. The van der Waals surface area contributed by atoms with Gasteiger partial charge in [0, 0.05) is 21.8 Å². The van der Waals surface area contributed by atoms with Crippen LogP contribution in [0.3, 0.4) is 0 Å². The Labute approximate surface area is 158 Å². The Kier molecular flexibility index (Phi) is 2.68. The molecule has 27 heavy (non-hydrogen) atoms. The Morgan fingerprint density at radius 3 is 2.04 bits per heavy atom. The van der Waals surface area contributed by atoms with Crippen LogP contribution in [0.2, 0.25) is 0 Å². The molecule has 0 aliphatic carbocycles. The first-order valence-corrected chi connectivity index (χ1v) is 9.64. The van der Waals surface area contributed by atoms with Crippen LogP contribution in [0.25, 0.3) is 54.1 Å². The van der Waals surface area contributed by atoms with Gasteiger partial charge in [-0.25, -0.2) is 0 Å². The topological polar surface area (TPSA) is 4.93 Å². The summed E-state index contributed by atoms with van der Waals surface area (Å²) in [5.41, 5.74) is 2.66. The van der Waals surface area contributed by atoms with E-state index in [-0.39, 0.29) is 5.54 Å². The zero-order chi connectivity index (χ0) is 18.3. The minimum Gasteiger partial charge on any atom is -0.335 e. The highest BCUT2D eigenvalue weighted by Gasteiger charge is 2.22. The van der Waals surface area contributed by atoms with Crippen LogP contribution >= 0.6 is 0 Å². The van der Waals surface area contributed by atoms with Gasteiger partial charge >= 0.3 is 0 Å². The van der Waals surface area contributed by atoms with E-state index in [0.29, 0.717) is 0 Å². The zero-order valence-corrected chi connectivity index (χ0v) is 15.9. The van der Waals surface area contributed by atoms with Crippen LogP contribution in [-0.2, 0) is 5.54 Å². The van der Waals surface area contributed by atoms with E-state index in [4.69, 9.17) is 0 Å². The molecule has 1 heteroatoms. The summed E-state index contributed by atoms with van der Waals surface area (Å²) in [5.74, 6) is 0. The van der Waals surface area contributed by atoms with Crippen molar-refractivity contribution < 1.29 is 0 Å². The molecule has 0 saturated carbocycles. The Balaban J connectivity index is 2.00. The summed E-state index contributed by atoms with van der Waals surface area (Å²) in [6.45, 7) is 6.88. The van der Waals surface area contributed by atoms with Crippen LogP contribution < -0.4 is 0 Å². The summed E-state index contributed by atoms with van der Waals surface area (Å²) in [6.07, 6.45) is 0. The van der Waals surface area contributed by atoms with E-state index in [2.05, 4.69) is 98.1 Å². The predicted octanol–water partition coefficient (Wildman–Crippen LogP) is 7.45. The number of hydrogen-bond donors (Lipinski definition) is 0. The van der Waals surface area contributed by atoms with Crippen LogP contribution in [0.15, 0.2) is 72.8 Å². The summed E-state index contributed by atoms with van der Waals surface area (Å²) in [4.78, 5) is 0. The first-order chi connectivity index (χ1) is 13.0. The molecule has 1 aromatic heterocycles. The molecule has 6 rings (SSSR count). The molecule has 0 amide bonds. The van der Waals surface area contributed by atoms with Crippen molar-refractivity contribution in [1.82, 2.24) is 4.57 Å². The standard InChI is InChI=1S/C26H21N/c1-26(2,3)27-21-10-5-4-9-19(21)25-20-14-13-17-8-6-7-16-11-12-18(15-22(25)27)24(20)23(16)17/h4-15H,1-3H3. The van der Waals surface area contributed by atoms with Crippen LogP contribution in [-0.4, -0.2) is 4.57 Å². The van der Waals surface area contributed by atoms with E-state index >= 15 is 0 Å². The number of aromatic nitrogens is 1. The normalized spacial score (nSPS) is 13.0. The van der Waals surface area contributed by atoms with E-state index in [1.54, 1.807) is 0 Å². The minimum atomic E-state index is 0.0160. The molecule has 0 aliphatic heterocycles. The van der Waals surface area contributed by atoms with Gasteiger partial charge in [-0.15, -0.1) is 0 Å². The van der Waals surface area contributed by atoms with Crippen molar-refractivity contribution in [3.05, 3.63) is 72.8 Å². The van der Waals surface area contributed by atoms with Gasteiger partial charge in [0.25, 0.3) is 0 Å². The fraction of sp³-hybridized carbons (Fsp3) is 0.154. The lowest BCUT2D eigenvalue weighted by molar-refractivity contribution is 0.423. The van der Waals surface area contributed by atoms with Gasteiger partial charge < -0.3 is 4.57 Å². The quantitative estimate of drug-likeness (QED) is 0.251. The van der Waals surface area contributed by atoms with Gasteiger partial charge in [-0.1, -0.05) is 60.7 Å². The van der Waals surface area contributed by atoms with Crippen molar-refractivity contribution in [1.29, 1.82) is 0 Å². The Morgan fingerprint density at radius 2 is 1.26 bits per heavy atom. The molecule has 0 atom stereocenters. The molecule has 0 fully saturated rings. The van der Waals surface area contributed by atoms with Crippen LogP contribution in [0.4, 0.5) is 0 Å². The predicted molar refractivity (Wildman–Crippen MR) is 118 cm³/mol. The van der Waals surface area contributed by atoms with Gasteiger partial charge in [0.2, 0.25) is 0 Å². The largest absolute Gasteiger partial charge is 0.335 e. The highest BCUT2D eigenvalue weighted by atomic mass is 15.0. The number of benzene rings is 5. The van der Waals surface area contributed by atoms with E-state index in [1.165, 1.54) is 54.1 Å². The van der Waals surface area contributed by atoms with Gasteiger partial charge in [-0.2, -0.15) is 0 Å². The molecule has 0 radical (unpaired) electrons. The van der Waals surface area contributed by atoms with Gasteiger partial charge in [-0.3, -0.25) is 0 Å². The molecular formula is C26H21N. The van der Waals surface area contributed by atoms with Crippen molar-refractivity contribution >= 4 is 54.1 Å². The SMILES string of the molecule is CC(C)(C)n1c2ccccc2c2c3ccc4cccc5ccc(cc21)c3c54. The smallest absolute Gasteiger partial charge is 0.0508 e. The van der Waals surface area contributed by atoms with Gasteiger partial charge in [0.1, 0.15) is 0 Å². The molecule has 0 aliphatic rings. The first kappa shape index (κ1) is 15.0. The monoisotopic (exact) mass is 347 g/mol. The minimum absolute atomic E-state index is 0.0160. The van der Waals surface area contributed by atoms with Crippen molar-refractivity contribution in [2.45, 2.75) is 26.3 Å². The van der Waals surface area contributed by atoms with Crippen LogP contribution in [0.5, 0.6) is 0 Å². The summed E-state index contributed by atoms with van der Waals surface area (Å²) < 4.78 is 2.51. The lowest BCUT2D eigenvalue weighted by atomic mass is 9.92. The van der Waals surface area contributed by atoms with Crippen molar-refractivity contribution in [3.63, 3.8) is 0 Å². The number of nitrogens with zero attached hydrogens (tertiary/aromatic N) is 1. The van der Waals surface area contributed by atoms with E-state index < -0.39 is 0 Å². The average molecular weight is 347 g/mol. The number of para-hydroxylation sites is 1. The van der Waals surface area contributed by atoms with Crippen LogP contribution in [0.1, 0.15) is 20.8 Å². The number of rotatable bonds is 0. The zero-order valence-electron chi connectivity index (χ0n) is 15.9. The first-order valence-electron chi connectivity index (χ1n) is 9.64. The summed E-state index contributed by atoms with van der Waals surface area (Å²) >= 11 is 0. The van der Waals surface area contributed by atoms with Crippen molar-refractivity contribution in [2.75, 3.05) is 0 Å². The maximum Gasteiger partial charge on any atom is 0.0508 e. The van der Waals surface area contributed by atoms with E-state index in [0.717, 1.165) is 0 Å². The van der Waals surface area contributed by atoms with Crippen LogP contribution in [0, 0.1) is 0 Å². The molecule has 0 spiro atoms. The molecule has 130 valence electrons. The average Bonchev–Trinajstić information content (AvgIpc) is 3.00. The molecular weight excluding hydrogens is 326 g/mol. The highest BCUT2D eigenvalue weighted by molar-refractivity contribution is 6.32.